The molecule has 34 heavy (non-hydrogen) atoms. The van der Waals surface area contributed by atoms with Crippen LogP contribution in [0.15, 0.2) is 103 Å². The first-order chi connectivity index (χ1) is 16.2. The molecule has 0 aliphatic carbocycles. The molecule has 0 spiro atoms. The molecule has 1 aromatic heterocycles. The number of aromatic nitrogens is 2. The third kappa shape index (κ3) is 3.81. The van der Waals surface area contributed by atoms with Crippen molar-refractivity contribution in [3.63, 3.8) is 0 Å². The van der Waals surface area contributed by atoms with Crippen molar-refractivity contribution < 1.29 is 37.3 Å². The number of rotatable bonds is 3. The van der Waals surface area contributed by atoms with Crippen LogP contribution in [-0.4, -0.2) is 4.57 Å². The molecule has 0 bridgehead atoms. The van der Waals surface area contributed by atoms with Crippen molar-refractivity contribution in [2.24, 2.45) is 7.05 Å². The van der Waals surface area contributed by atoms with E-state index in [1.807, 2.05) is 12.1 Å². The molecule has 0 fully saturated rings. The zero-order chi connectivity index (χ0) is 22.4. The predicted molar refractivity (Wildman–Crippen MR) is 135 cm³/mol. The van der Waals surface area contributed by atoms with E-state index in [0.29, 0.717) is 0 Å². The SMILES string of the molecule is Cc1ccc(-c2[c-]ccc3c2ccc2ccccc23)[c-]c1-c1n(-c2ccccc2)cc[n+]1C.[Y]. The second kappa shape index (κ2) is 9.29. The minimum Gasteiger partial charge on any atom is -0.265 e. The summed E-state index contributed by atoms with van der Waals surface area (Å²) in [5, 5.41) is 4.96. The van der Waals surface area contributed by atoms with Crippen molar-refractivity contribution in [3.8, 4) is 28.2 Å². The summed E-state index contributed by atoms with van der Waals surface area (Å²) in [5.41, 5.74) is 5.55. The van der Waals surface area contributed by atoms with Crippen LogP contribution in [0.1, 0.15) is 5.56 Å². The molecule has 6 rings (SSSR count). The van der Waals surface area contributed by atoms with E-state index < -0.39 is 0 Å². The summed E-state index contributed by atoms with van der Waals surface area (Å²) < 4.78 is 4.39. The van der Waals surface area contributed by atoms with Gasteiger partial charge in [0, 0.05) is 32.7 Å². The first-order valence-corrected chi connectivity index (χ1v) is 11.2. The molecular weight excluding hydrogens is 489 g/mol. The van der Waals surface area contributed by atoms with E-state index in [4.69, 9.17) is 0 Å². The summed E-state index contributed by atoms with van der Waals surface area (Å²) in [7, 11) is 2.09. The Hall–Kier alpha value is -3.07. The summed E-state index contributed by atoms with van der Waals surface area (Å²) in [4.78, 5) is 0. The van der Waals surface area contributed by atoms with Crippen LogP contribution in [0.25, 0.3) is 49.7 Å². The zero-order valence-electron chi connectivity index (χ0n) is 19.3. The van der Waals surface area contributed by atoms with Gasteiger partial charge in [0.25, 0.3) is 0 Å². The monoisotopic (exact) mass is 512 g/mol. The number of benzene rings is 5. The van der Waals surface area contributed by atoms with Crippen LogP contribution in [0.2, 0.25) is 0 Å². The molecule has 0 atom stereocenters. The quantitative estimate of drug-likeness (QED) is 0.139. The Morgan fingerprint density at radius 1 is 0.735 bits per heavy atom. The molecule has 0 amide bonds. The molecule has 161 valence electrons. The second-order valence-electron chi connectivity index (χ2n) is 8.47. The van der Waals surface area contributed by atoms with E-state index in [1.54, 1.807) is 0 Å². The summed E-state index contributed by atoms with van der Waals surface area (Å²) in [6, 6.07) is 39.2. The fourth-order valence-electron chi connectivity index (χ4n) is 4.72. The molecule has 2 nitrogen and oxygen atoms in total. The fourth-order valence-corrected chi connectivity index (χ4v) is 4.72. The van der Waals surface area contributed by atoms with Gasteiger partial charge in [-0.2, -0.15) is 29.8 Å². The minimum atomic E-state index is 0. The van der Waals surface area contributed by atoms with Crippen LogP contribution < -0.4 is 4.57 Å². The Bertz CT molecular complexity index is 1630. The van der Waals surface area contributed by atoms with Crippen molar-refractivity contribution in [2.75, 3.05) is 0 Å². The van der Waals surface area contributed by atoms with Gasteiger partial charge < -0.3 is 0 Å². The number of nitrogens with zero attached hydrogens (tertiary/aromatic N) is 2. The Morgan fingerprint density at radius 2 is 1.53 bits per heavy atom. The third-order valence-electron chi connectivity index (χ3n) is 6.40. The smallest absolute Gasteiger partial charge is 0.228 e. The Morgan fingerprint density at radius 3 is 2.38 bits per heavy atom. The molecule has 0 aliphatic heterocycles. The summed E-state index contributed by atoms with van der Waals surface area (Å²) in [6.07, 6.45) is 4.21. The number of hydrogen-bond acceptors (Lipinski definition) is 0. The van der Waals surface area contributed by atoms with E-state index in [-0.39, 0.29) is 32.7 Å². The maximum atomic E-state index is 3.75. The van der Waals surface area contributed by atoms with Gasteiger partial charge in [0.15, 0.2) is 0 Å². The maximum Gasteiger partial charge on any atom is 0.228 e. The molecule has 6 aromatic rings. The summed E-state index contributed by atoms with van der Waals surface area (Å²) in [5.74, 6) is 1.10. The van der Waals surface area contributed by atoms with Crippen LogP contribution in [-0.2, 0) is 39.8 Å². The van der Waals surface area contributed by atoms with Crippen LogP contribution in [0.5, 0.6) is 0 Å². The van der Waals surface area contributed by atoms with E-state index in [0.717, 1.165) is 28.2 Å². The molecule has 1 radical (unpaired) electrons. The third-order valence-corrected chi connectivity index (χ3v) is 6.40. The molecule has 0 N–H and O–H groups in total. The second-order valence-corrected chi connectivity index (χ2v) is 8.47. The van der Waals surface area contributed by atoms with E-state index in [9.17, 15) is 0 Å². The predicted octanol–water partition coefficient (Wildman–Crippen LogP) is 6.85. The minimum absolute atomic E-state index is 0. The van der Waals surface area contributed by atoms with Gasteiger partial charge in [0.05, 0.1) is 7.05 Å². The van der Waals surface area contributed by atoms with Gasteiger partial charge in [-0.05, 0) is 28.5 Å². The van der Waals surface area contributed by atoms with Crippen LogP contribution in [0, 0.1) is 19.1 Å². The van der Waals surface area contributed by atoms with Gasteiger partial charge >= 0.3 is 0 Å². The van der Waals surface area contributed by atoms with E-state index in [1.165, 1.54) is 27.1 Å². The van der Waals surface area contributed by atoms with Gasteiger partial charge in [-0.1, -0.05) is 55.5 Å². The largest absolute Gasteiger partial charge is 0.265 e. The Labute approximate surface area is 225 Å². The van der Waals surface area contributed by atoms with Gasteiger partial charge in [-0.15, -0.1) is 34.5 Å². The zero-order valence-corrected chi connectivity index (χ0v) is 22.1. The van der Waals surface area contributed by atoms with Gasteiger partial charge in [-0.25, -0.2) is 10.1 Å². The van der Waals surface area contributed by atoms with Crippen molar-refractivity contribution in [1.82, 2.24) is 4.57 Å². The number of imidazole rings is 1. The average Bonchev–Trinajstić information content (AvgIpc) is 3.25. The molecule has 0 unspecified atom stereocenters. The summed E-state index contributed by atoms with van der Waals surface area (Å²) in [6.45, 7) is 2.15. The first kappa shape index (κ1) is 22.7. The molecule has 3 heteroatoms. The number of hydrogen-bond donors (Lipinski definition) is 0. The standard InChI is InChI=1S/C31H23N2.Y/c1-22-15-16-24(21-30(22)31-32(2)19-20-33(31)25-10-4-3-5-11-25)27-13-8-14-28-26-12-7-6-9-23(26)17-18-29(27)28;/h3-12,14-20H,1-2H3;/q-1;. The van der Waals surface area contributed by atoms with E-state index >= 15 is 0 Å². The molecule has 0 saturated heterocycles. The van der Waals surface area contributed by atoms with Crippen molar-refractivity contribution in [2.45, 2.75) is 6.92 Å². The topological polar surface area (TPSA) is 8.81 Å². The van der Waals surface area contributed by atoms with Gasteiger partial charge in [-0.3, -0.25) is 4.57 Å². The molecule has 0 saturated carbocycles. The number of para-hydroxylation sites is 1. The Balaban J connectivity index is 0.00000241. The molecule has 0 aliphatic rings. The van der Waals surface area contributed by atoms with Crippen LogP contribution >= 0.6 is 0 Å². The Kier molecular flexibility index (Phi) is 6.21. The number of aryl methyl sites for hydroxylation is 2. The summed E-state index contributed by atoms with van der Waals surface area (Å²) >= 11 is 0. The normalized spacial score (nSPS) is 11.0. The number of fused-ring (bicyclic) bond motifs is 3. The van der Waals surface area contributed by atoms with Crippen molar-refractivity contribution >= 4 is 21.5 Å². The fraction of sp³-hybridized carbons (Fsp3) is 0.0645. The van der Waals surface area contributed by atoms with Gasteiger partial charge in [0.1, 0.15) is 18.1 Å². The molecule has 5 aromatic carbocycles. The van der Waals surface area contributed by atoms with Crippen LogP contribution in [0.4, 0.5) is 0 Å². The van der Waals surface area contributed by atoms with Crippen LogP contribution in [0.3, 0.4) is 0 Å². The van der Waals surface area contributed by atoms with Crippen molar-refractivity contribution in [3.05, 3.63) is 121 Å². The van der Waals surface area contributed by atoms with Crippen molar-refractivity contribution in [1.29, 1.82) is 0 Å². The first-order valence-electron chi connectivity index (χ1n) is 11.2. The molecular formula is C31H23N2Y-. The average molecular weight is 512 g/mol. The van der Waals surface area contributed by atoms with E-state index in [2.05, 4.69) is 126 Å². The maximum absolute atomic E-state index is 3.75. The molecule has 1 heterocycles. The van der Waals surface area contributed by atoms with Gasteiger partial charge in [0.2, 0.25) is 5.82 Å².